The smallest absolute Gasteiger partial charge is 0.249 e. The zero-order chi connectivity index (χ0) is 24.9. The fourth-order valence-corrected chi connectivity index (χ4v) is 5.62. The van der Waals surface area contributed by atoms with Gasteiger partial charge in [-0.1, -0.05) is 18.2 Å². The summed E-state index contributed by atoms with van der Waals surface area (Å²) in [6, 6.07) is 12.2. The van der Waals surface area contributed by atoms with E-state index in [0.29, 0.717) is 38.0 Å². The summed E-state index contributed by atoms with van der Waals surface area (Å²) < 4.78 is 36.2. The number of aliphatic hydroxyl groups excluding tert-OH is 1. The summed E-state index contributed by atoms with van der Waals surface area (Å²) in [5.41, 5.74) is 1.17. The zero-order valence-electron chi connectivity index (χ0n) is 20.1. The third kappa shape index (κ3) is 4.17. The van der Waals surface area contributed by atoms with Gasteiger partial charge in [0.05, 0.1) is 29.8 Å². The molecular weight excluding hydrogens is 464 g/mol. The van der Waals surface area contributed by atoms with Gasteiger partial charge < -0.3 is 14.7 Å². The predicted molar refractivity (Wildman–Crippen MR) is 131 cm³/mol. The molecule has 1 spiro atoms. The van der Waals surface area contributed by atoms with E-state index >= 15 is 8.78 Å². The van der Waals surface area contributed by atoms with Gasteiger partial charge in [-0.05, 0) is 61.1 Å². The number of carbonyl (C=O) groups is 1. The van der Waals surface area contributed by atoms with Crippen LogP contribution in [0.3, 0.4) is 0 Å². The van der Waals surface area contributed by atoms with Crippen molar-refractivity contribution in [2.45, 2.75) is 43.4 Å². The van der Waals surface area contributed by atoms with Crippen LogP contribution in [0.2, 0.25) is 0 Å². The third-order valence-corrected chi connectivity index (χ3v) is 8.17. The lowest BCUT2D eigenvalue weighted by Gasteiger charge is -2.49. The molecule has 8 heteroatoms. The van der Waals surface area contributed by atoms with E-state index in [1.165, 1.54) is 12.1 Å². The molecule has 0 radical (unpaired) electrons. The number of likely N-dealkylation sites (tertiary alicyclic amines) is 1. The molecule has 1 aromatic heterocycles. The van der Waals surface area contributed by atoms with Crippen molar-refractivity contribution in [3.63, 3.8) is 0 Å². The number of hydrogen-bond acceptors (Lipinski definition) is 5. The highest BCUT2D eigenvalue weighted by atomic mass is 19.1. The molecule has 2 saturated heterocycles. The molecule has 36 heavy (non-hydrogen) atoms. The van der Waals surface area contributed by atoms with Crippen molar-refractivity contribution in [2.24, 2.45) is 0 Å². The largest absolute Gasteiger partial charge is 0.394 e. The maximum Gasteiger partial charge on any atom is 0.249 e. The number of aliphatic hydroxyl groups is 1. The lowest BCUT2D eigenvalue weighted by atomic mass is 9.88. The molecule has 1 aliphatic carbocycles. The molecule has 1 saturated carbocycles. The van der Waals surface area contributed by atoms with Gasteiger partial charge in [0.25, 0.3) is 0 Å². The highest BCUT2D eigenvalue weighted by Gasteiger charge is 2.54. The SMILES string of the molecule is O=C1COC2(CCN(Cc3c(F)cc(-c4ccc5cccnc5c4)cc3F)CC2)CN1C1(CO)CC1. The van der Waals surface area contributed by atoms with Crippen LogP contribution < -0.4 is 0 Å². The van der Waals surface area contributed by atoms with Gasteiger partial charge in [0, 0.05) is 36.8 Å². The Kier molecular flexibility index (Phi) is 5.78. The molecular formula is C28H29F2N3O3. The average Bonchev–Trinajstić information content (AvgIpc) is 3.70. The number of rotatable bonds is 5. The van der Waals surface area contributed by atoms with Crippen molar-refractivity contribution in [1.29, 1.82) is 0 Å². The van der Waals surface area contributed by atoms with Crippen LogP contribution in [0.1, 0.15) is 31.2 Å². The molecule has 3 heterocycles. The molecule has 0 atom stereocenters. The van der Waals surface area contributed by atoms with Crippen molar-refractivity contribution >= 4 is 16.8 Å². The lowest BCUT2D eigenvalue weighted by molar-refractivity contribution is -0.179. The van der Waals surface area contributed by atoms with Crippen molar-refractivity contribution in [1.82, 2.24) is 14.8 Å². The van der Waals surface area contributed by atoms with Crippen LogP contribution in [-0.4, -0.2) is 69.8 Å². The van der Waals surface area contributed by atoms with E-state index in [9.17, 15) is 9.90 Å². The maximum atomic E-state index is 15.1. The van der Waals surface area contributed by atoms with Gasteiger partial charge in [0.2, 0.25) is 5.91 Å². The number of morpholine rings is 1. The second kappa shape index (κ2) is 8.87. The molecule has 2 aromatic carbocycles. The number of piperidine rings is 1. The van der Waals surface area contributed by atoms with Crippen molar-refractivity contribution in [2.75, 3.05) is 32.8 Å². The number of halogens is 2. The standard InChI is InChI=1S/C28H29F2N3O3/c29-23-12-21(20-4-3-19-2-1-9-31-25(19)14-20)13-24(30)22(23)15-32-10-7-28(8-11-32)17-33(26(35)16-36-28)27(18-34)5-6-27/h1-4,9,12-14,34H,5-8,10-11,15-18H2. The highest BCUT2D eigenvalue weighted by Crippen LogP contribution is 2.45. The van der Waals surface area contributed by atoms with Crippen LogP contribution in [0.4, 0.5) is 8.78 Å². The topological polar surface area (TPSA) is 65.9 Å². The normalized spacial score (nSPS) is 21.3. The molecule has 2 aliphatic heterocycles. The van der Waals surface area contributed by atoms with Crippen LogP contribution in [0.5, 0.6) is 0 Å². The van der Waals surface area contributed by atoms with Crippen LogP contribution in [0, 0.1) is 11.6 Å². The summed E-state index contributed by atoms with van der Waals surface area (Å²) in [5.74, 6) is -1.19. The first-order chi connectivity index (χ1) is 17.4. The third-order valence-electron chi connectivity index (χ3n) is 8.17. The van der Waals surface area contributed by atoms with Crippen molar-refractivity contribution in [3.05, 3.63) is 65.9 Å². The summed E-state index contributed by atoms with van der Waals surface area (Å²) in [7, 11) is 0. The molecule has 1 N–H and O–H groups in total. The summed E-state index contributed by atoms with van der Waals surface area (Å²) in [4.78, 5) is 20.6. The summed E-state index contributed by atoms with van der Waals surface area (Å²) >= 11 is 0. The second-order valence-corrected chi connectivity index (χ2v) is 10.4. The molecule has 188 valence electrons. The number of benzene rings is 2. The van der Waals surface area contributed by atoms with Gasteiger partial charge in [0.1, 0.15) is 18.2 Å². The predicted octanol–water partition coefficient (Wildman–Crippen LogP) is 3.90. The summed E-state index contributed by atoms with van der Waals surface area (Å²) in [5, 5.41) is 10.8. The number of ether oxygens (including phenoxy) is 1. The zero-order valence-corrected chi connectivity index (χ0v) is 20.1. The van der Waals surface area contributed by atoms with E-state index in [4.69, 9.17) is 4.74 Å². The Hall–Kier alpha value is -2.94. The van der Waals surface area contributed by atoms with Crippen LogP contribution in [0.15, 0.2) is 48.7 Å². The number of hydrogen-bond donors (Lipinski definition) is 1. The Balaban J connectivity index is 1.14. The summed E-state index contributed by atoms with van der Waals surface area (Å²) in [6.45, 7) is 1.88. The van der Waals surface area contributed by atoms with Gasteiger partial charge in [-0.3, -0.25) is 14.7 Å². The van der Waals surface area contributed by atoms with E-state index in [1.54, 1.807) is 6.20 Å². The van der Waals surface area contributed by atoms with Gasteiger partial charge in [-0.25, -0.2) is 8.78 Å². The number of nitrogens with zero attached hydrogens (tertiary/aromatic N) is 3. The summed E-state index contributed by atoms with van der Waals surface area (Å²) in [6.07, 6.45) is 4.68. The van der Waals surface area contributed by atoms with E-state index in [0.717, 1.165) is 29.3 Å². The molecule has 1 amide bonds. The molecule has 6 nitrogen and oxygen atoms in total. The first-order valence-electron chi connectivity index (χ1n) is 12.5. The average molecular weight is 494 g/mol. The Morgan fingerprint density at radius 3 is 2.44 bits per heavy atom. The molecule has 0 unspecified atom stereocenters. The number of amides is 1. The number of carbonyl (C=O) groups excluding carboxylic acids is 1. The lowest BCUT2D eigenvalue weighted by Crippen LogP contribution is -2.62. The first kappa shape index (κ1) is 23.5. The fourth-order valence-electron chi connectivity index (χ4n) is 5.62. The van der Waals surface area contributed by atoms with Crippen LogP contribution in [-0.2, 0) is 16.1 Å². The van der Waals surface area contributed by atoms with Gasteiger partial charge in [0.15, 0.2) is 0 Å². The highest BCUT2D eigenvalue weighted by molar-refractivity contribution is 5.84. The first-order valence-corrected chi connectivity index (χ1v) is 12.5. The van der Waals surface area contributed by atoms with E-state index < -0.39 is 22.8 Å². The van der Waals surface area contributed by atoms with Crippen LogP contribution >= 0.6 is 0 Å². The molecule has 3 fully saturated rings. The minimum absolute atomic E-state index is 0.0226. The Labute approximate surface area is 208 Å². The quantitative estimate of drug-likeness (QED) is 0.584. The molecule has 0 bridgehead atoms. The van der Waals surface area contributed by atoms with Gasteiger partial charge >= 0.3 is 0 Å². The minimum atomic E-state index is -0.560. The number of pyridine rings is 1. The van der Waals surface area contributed by atoms with Gasteiger partial charge in [-0.15, -0.1) is 0 Å². The van der Waals surface area contributed by atoms with Crippen LogP contribution in [0.25, 0.3) is 22.0 Å². The Morgan fingerprint density at radius 2 is 1.75 bits per heavy atom. The van der Waals surface area contributed by atoms with Crippen molar-refractivity contribution in [3.8, 4) is 11.1 Å². The second-order valence-electron chi connectivity index (χ2n) is 10.4. The maximum absolute atomic E-state index is 15.1. The fraction of sp³-hybridized carbons (Fsp3) is 0.429. The van der Waals surface area contributed by atoms with E-state index in [2.05, 4.69) is 4.98 Å². The van der Waals surface area contributed by atoms with Crippen molar-refractivity contribution < 1.29 is 23.4 Å². The Morgan fingerprint density at radius 1 is 1.00 bits per heavy atom. The molecule has 3 aliphatic rings. The monoisotopic (exact) mass is 493 g/mol. The molecule has 3 aromatic rings. The Bertz CT molecular complexity index is 1300. The van der Waals surface area contributed by atoms with E-state index in [1.807, 2.05) is 40.1 Å². The van der Waals surface area contributed by atoms with E-state index in [-0.39, 0.29) is 31.2 Å². The van der Waals surface area contributed by atoms with Gasteiger partial charge in [-0.2, -0.15) is 0 Å². The number of aromatic nitrogens is 1. The molecule has 6 rings (SSSR count). The minimum Gasteiger partial charge on any atom is -0.394 e. The number of fused-ring (bicyclic) bond motifs is 1.